The van der Waals surface area contributed by atoms with Crippen LogP contribution in [-0.2, 0) is 26.2 Å². The zero-order chi connectivity index (χ0) is 33.9. The molecular weight excluding hydrogens is 620 g/mol. The number of rotatable bonds is 6. The van der Waals surface area contributed by atoms with Gasteiger partial charge in [-0.1, -0.05) is 5.16 Å². The lowest BCUT2D eigenvalue weighted by Crippen LogP contribution is -2.45. The number of hydrogen-bond donors (Lipinski definition) is 2. The first-order valence-electron chi connectivity index (χ1n) is 16.2. The molecule has 2 fully saturated rings. The number of nitrogen functional groups attached to an aromatic ring is 1. The number of aryl methyl sites for hydroxylation is 1. The van der Waals surface area contributed by atoms with Crippen molar-refractivity contribution in [1.29, 1.82) is 5.26 Å². The predicted molar refractivity (Wildman–Crippen MR) is 181 cm³/mol. The third-order valence-electron chi connectivity index (χ3n) is 8.93. The minimum absolute atomic E-state index is 0.0684. The zero-order valence-electron chi connectivity index (χ0n) is 28.0. The highest BCUT2D eigenvalue weighted by molar-refractivity contribution is 7.16. The van der Waals surface area contributed by atoms with Crippen LogP contribution in [0.1, 0.15) is 81.5 Å². The number of oxime groups is 1. The first-order valence-corrected chi connectivity index (χ1v) is 17.1. The molecule has 2 saturated heterocycles. The number of likely N-dealkylation sites (tertiary alicyclic amines) is 1. The number of fused-ring (bicyclic) bond motifs is 1. The fourth-order valence-electron chi connectivity index (χ4n) is 6.31. The number of amides is 1. The molecule has 2 aromatic rings. The Morgan fingerprint density at radius 1 is 1.13 bits per heavy atom. The van der Waals surface area contributed by atoms with E-state index in [0.717, 1.165) is 56.7 Å². The van der Waals surface area contributed by atoms with Crippen molar-refractivity contribution in [2.45, 2.75) is 83.3 Å². The number of aromatic nitrogens is 1. The Labute approximate surface area is 280 Å². The fraction of sp³-hybridized carbons (Fsp3) is 0.606. The van der Waals surface area contributed by atoms with E-state index >= 15 is 0 Å². The largest absolute Gasteiger partial charge is 0.490 e. The van der Waals surface area contributed by atoms with E-state index in [0.29, 0.717) is 59.3 Å². The molecule has 2 unspecified atom stereocenters. The first kappa shape index (κ1) is 34.3. The fourth-order valence-corrected chi connectivity index (χ4v) is 7.50. The van der Waals surface area contributed by atoms with Crippen LogP contribution < -0.4 is 21.1 Å². The van der Waals surface area contributed by atoms with Gasteiger partial charge in [-0.3, -0.25) is 0 Å². The average molecular weight is 667 g/mol. The lowest BCUT2D eigenvalue weighted by atomic mass is 9.72. The summed E-state index contributed by atoms with van der Waals surface area (Å²) >= 11 is 1.35. The molecule has 4 N–H and O–H groups in total. The van der Waals surface area contributed by atoms with Crippen molar-refractivity contribution in [3.63, 3.8) is 0 Å². The van der Waals surface area contributed by atoms with Crippen LogP contribution in [0.25, 0.3) is 0 Å². The van der Waals surface area contributed by atoms with Crippen molar-refractivity contribution < 1.29 is 23.9 Å². The molecule has 2 atom stereocenters. The van der Waals surface area contributed by atoms with Crippen LogP contribution in [0.15, 0.2) is 17.3 Å². The van der Waals surface area contributed by atoms with Gasteiger partial charge < -0.3 is 40.5 Å². The van der Waals surface area contributed by atoms with Gasteiger partial charge in [0.1, 0.15) is 40.0 Å². The van der Waals surface area contributed by atoms with Gasteiger partial charge in [0.05, 0.1) is 11.0 Å². The molecule has 0 spiro atoms. The highest BCUT2D eigenvalue weighted by atomic mass is 32.1. The number of nitrogens with two attached hydrogens (primary N) is 2. The Balaban J connectivity index is 1.35. The first-order chi connectivity index (χ1) is 22.3. The molecule has 3 aliphatic rings. The lowest BCUT2D eigenvalue weighted by molar-refractivity contribution is -0.150. The van der Waals surface area contributed by atoms with E-state index in [4.69, 9.17) is 30.8 Å². The Morgan fingerprint density at radius 2 is 1.87 bits per heavy atom. The summed E-state index contributed by atoms with van der Waals surface area (Å²) in [7, 11) is 2.08. The number of pyridine rings is 1. The highest BCUT2D eigenvalue weighted by Crippen LogP contribution is 2.46. The van der Waals surface area contributed by atoms with Crippen molar-refractivity contribution in [3.05, 3.63) is 33.8 Å². The molecule has 5 rings (SSSR count). The number of carbonyl (C=O) groups excluding carboxylic acids is 2. The van der Waals surface area contributed by atoms with E-state index in [2.05, 4.69) is 28.1 Å². The highest BCUT2D eigenvalue weighted by Gasteiger charge is 2.45. The Hall–Kier alpha value is -4.09. The van der Waals surface area contributed by atoms with Crippen LogP contribution >= 0.6 is 11.3 Å². The van der Waals surface area contributed by atoms with Crippen LogP contribution in [0, 0.1) is 11.3 Å². The van der Waals surface area contributed by atoms with E-state index in [1.165, 1.54) is 11.3 Å². The van der Waals surface area contributed by atoms with Crippen LogP contribution in [-0.4, -0.2) is 90.7 Å². The predicted octanol–water partition coefficient (Wildman–Crippen LogP) is 3.97. The molecule has 0 saturated carbocycles. The van der Waals surface area contributed by atoms with Gasteiger partial charge >= 0.3 is 12.1 Å². The Morgan fingerprint density at radius 3 is 2.57 bits per heavy atom. The molecule has 0 aromatic carbocycles. The number of anilines is 2. The summed E-state index contributed by atoms with van der Waals surface area (Å²) in [4.78, 5) is 43.6. The summed E-state index contributed by atoms with van der Waals surface area (Å²) in [5.74, 6) is 0.590. The average Bonchev–Trinajstić information content (AvgIpc) is 3.18. The monoisotopic (exact) mass is 666 g/mol. The molecule has 14 heteroatoms. The van der Waals surface area contributed by atoms with Gasteiger partial charge in [-0.2, -0.15) is 5.26 Å². The quantitative estimate of drug-likeness (QED) is 0.198. The number of nitriles is 1. The maximum Gasteiger partial charge on any atom is 0.410 e. The third-order valence-corrected chi connectivity index (χ3v) is 10.0. The second-order valence-electron chi connectivity index (χ2n) is 13.8. The Kier molecular flexibility index (Phi) is 10.2. The molecule has 47 heavy (non-hydrogen) atoms. The molecule has 0 bridgehead atoms. The number of amidine groups is 1. The zero-order valence-corrected chi connectivity index (χ0v) is 28.8. The maximum absolute atomic E-state index is 13.5. The van der Waals surface area contributed by atoms with Crippen LogP contribution in [0.3, 0.4) is 0 Å². The number of carbonyl (C=O) groups is 2. The summed E-state index contributed by atoms with van der Waals surface area (Å²) in [5.41, 5.74) is 12.2. The number of likely N-dealkylation sites (N-methyl/N-ethyl adjacent to an activating group) is 1. The van der Waals surface area contributed by atoms with Gasteiger partial charge in [0.25, 0.3) is 0 Å². The molecule has 2 aliphatic heterocycles. The lowest BCUT2D eigenvalue weighted by Gasteiger charge is -2.33. The van der Waals surface area contributed by atoms with Crippen LogP contribution in [0.2, 0.25) is 0 Å². The number of piperazine rings is 1. The normalized spacial score (nSPS) is 22.6. The number of nitrogens with zero attached hydrogens (tertiary/aromatic N) is 6. The second-order valence-corrected chi connectivity index (χ2v) is 14.9. The molecule has 0 radical (unpaired) electrons. The van der Waals surface area contributed by atoms with Crippen LogP contribution in [0.5, 0.6) is 5.75 Å². The van der Waals surface area contributed by atoms with Crippen molar-refractivity contribution >= 4 is 40.1 Å². The minimum Gasteiger partial charge on any atom is -0.490 e. The van der Waals surface area contributed by atoms with Gasteiger partial charge in [-0.15, -0.1) is 11.3 Å². The number of ether oxygens (including phenoxy) is 2. The van der Waals surface area contributed by atoms with Crippen molar-refractivity contribution in [3.8, 4) is 11.8 Å². The van der Waals surface area contributed by atoms with Crippen molar-refractivity contribution in [1.82, 2.24) is 14.8 Å². The SMILES string of the molecule is CN1CCN(c2cc(OC3CCCN(C(=O)OC(C)(C)C)CC3)cc(/C(N)=N\OC(=O)C3(C)CCCc4sc(N)c(C#N)c43)n2)CC1. The molecular formula is C33H46N8O5S. The molecule has 4 heterocycles. The Bertz CT molecular complexity index is 1550. The minimum atomic E-state index is -1.08. The van der Waals surface area contributed by atoms with Crippen molar-refractivity contribution in [2.24, 2.45) is 10.9 Å². The molecule has 13 nitrogen and oxygen atoms in total. The van der Waals surface area contributed by atoms with E-state index in [-0.39, 0.29) is 18.0 Å². The maximum atomic E-state index is 13.5. The van der Waals surface area contributed by atoms with Gasteiger partial charge in [0, 0.05) is 68.3 Å². The van der Waals surface area contributed by atoms with Gasteiger partial charge in [0.15, 0.2) is 5.84 Å². The van der Waals surface area contributed by atoms with E-state index < -0.39 is 17.0 Å². The standard InChI is InChI=1S/C33H46N8O5S/c1-32(2,3)45-31(43)41-12-7-8-21(10-13-41)44-22-18-24(37-26(19-22)40-16-14-39(5)15-17-40)28(35)38-46-30(42)33(4)11-6-9-25-27(33)23(20-34)29(36)47-25/h18-19,21H,6-17,36H2,1-5H3,(H2,35,38). The summed E-state index contributed by atoms with van der Waals surface area (Å²) in [6.45, 7) is 11.8. The summed E-state index contributed by atoms with van der Waals surface area (Å²) in [5, 5.41) is 14.2. The third kappa shape index (κ3) is 7.90. The molecule has 2 aromatic heterocycles. The van der Waals surface area contributed by atoms with Crippen LogP contribution in [0.4, 0.5) is 15.6 Å². The molecule has 1 aliphatic carbocycles. The van der Waals surface area contributed by atoms with E-state index in [1.54, 1.807) is 17.9 Å². The van der Waals surface area contributed by atoms with Gasteiger partial charge in [-0.25, -0.2) is 14.6 Å². The summed E-state index contributed by atoms with van der Waals surface area (Å²) in [6, 6.07) is 5.77. The van der Waals surface area contributed by atoms with Crippen molar-refractivity contribution in [2.75, 3.05) is 56.9 Å². The number of thiophene rings is 1. The summed E-state index contributed by atoms with van der Waals surface area (Å²) < 4.78 is 12.1. The number of hydrogen-bond acceptors (Lipinski definition) is 12. The van der Waals surface area contributed by atoms with Gasteiger partial charge in [0.2, 0.25) is 0 Å². The van der Waals surface area contributed by atoms with E-state index in [9.17, 15) is 14.9 Å². The second kappa shape index (κ2) is 13.9. The molecule has 254 valence electrons. The topological polar surface area (TPSA) is 173 Å². The molecule has 1 amide bonds. The smallest absolute Gasteiger partial charge is 0.410 e. The van der Waals surface area contributed by atoms with Gasteiger partial charge in [-0.05, 0) is 66.8 Å². The van der Waals surface area contributed by atoms with E-state index in [1.807, 2.05) is 26.8 Å². The summed E-state index contributed by atoms with van der Waals surface area (Å²) in [6.07, 6.45) is 3.74.